The molecule has 12 heavy (non-hydrogen) atoms. The van der Waals surface area contributed by atoms with Gasteiger partial charge in [-0.3, -0.25) is 4.98 Å². The van der Waals surface area contributed by atoms with E-state index in [1.807, 2.05) is 25.1 Å². The van der Waals surface area contributed by atoms with Crippen LogP contribution in [0.2, 0.25) is 0 Å². The SMILES string of the molecule is Cc1cccc(CCCC=O)n1. The summed E-state index contributed by atoms with van der Waals surface area (Å²) < 4.78 is 0. The molecular formula is C10H13NO. The lowest BCUT2D eigenvalue weighted by Crippen LogP contribution is -1.91. The Bertz CT molecular complexity index is 258. The molecule has 1 rings (SSSR count). The molecular weight excluding hydrogens is 150 g/mol. The molecule has 1 heterocycles. The topological polar surface area (TPSA) is 30.0 Å². The third-order valence-electron chi connectivity index (χ3n) is 1.70. The van der Waals surface area contributed by atoms with E-state index in [4.69, 9.17) is 0 Å². The van der Waals surface area contributed by atoms with Gasteiger partial charge in [-0.25, -0.2) is 0 Å². The maximum Gasteiger partial charge on any atom is 0.120 e. The zero-order valence-electron chi connectivity index (χ0n) is 7.29. The largest absolute Gasteiger partial charge is 0.303 e. The maximum atomic E-state index is 10.0. The van der Waals surface area contributed by atoms with Crippen molar-refractivity contribution in [2.75, 3.05) is 0 Å². The van der Waals surface area contributed by atoms with Gasteiger partial charge in [0, 0.05) is 17.8 Å². The van der Waals surface area contributed by atoms with Gasteiger partial charge in [-0.2, -0.15) is 0 Å². The summed E-state index contributed by atoms with van der Waals surface area (Å²) in [6.45, 7) is 1.98. The quantitative estimate of drug-likeness (QED) is 0.501. The first-order valence-corrected chi connectivity index (χ1v) is 4.19. The lowest BCUT2D eigenvalue weighted by Gasteiger charge is -1.98. The van der Waals surface area contributed by atoms with Gasteiger partial charge in [0.05, 0.1) is 0 Å². The van der Waals surface area contributed by atoms with Crippen LogP contribution in [0.4, 0.5) is 0 Å². The first-order valence-electron chi connectivity index (χ1n) is 4.19. The van der Waals surface area contributed by atoms with E-state index < -0.39 is 0 Å². The fourth-order valence-corrected chi connectivity index (χ4v) is 1.11. The van der Waals surface area contributed by atoms with E-state index >= 15 is 0 Å². The van der Waals surface area contributed by atoms with Crippen molar-refractivity contribution in [2.45, 2.75) is 26.2 Å². The molecule has 0 saturated heterocycles. The highest BCUT2D eigenvalue weighted by molar-refractivity contribution is 5.49. The van der Waals surface area contributed by atoms with Crippen LogP contribution in [0.3, 0.4) is 0 Å². The fraction of sp³-hybridized carbons (Fsp3) is 0.400. The minimum absolute atomic E-state index is 0.635. The second-order valence-corrected chi connectivity index (χ2v) is 2.83. The Morgan fingerprint density at radius 2 is 2.33 bits per heavy atom. The van der Waals surface area contributed by atoms with E-state index in [0.29, 0.717) is 6.42 Å². The van der Waals surface area contributed by atoms with E-state index in [1.165, 1.54) is 0 Å². The first kappa shape index (κ1) is 8.91. The van der Waals surface area contributed by atoms with Crippen LogP contribution < -0.4 is 0 Å². The van der Waals surface area contributed by atoms with Gasteiger partial charge < -0.3 is 4.79 Å². The Hall–Kier alpha value is -1.18. The number of hydrogen-bond donors (Lipinski definition) is 0. The van der Waals surface area contributed by atoms with Crippen LogP contribution in [0, 0.1) is 6.92 Å². The van der Waals surface area contributed by atoms with E-state index in [9.17, 15) is 4.79 Å². The van der Waals surface area contributed by atoms with Crippen molar-refractivity contribution < 1.29 is 4.79 Å². The molecule has 0 N–H and O–H groups in total. The Morgan fingerprint density at radius 3 is 3.00 bits per heavy atom. The van der Waals surface area contributed by atoms with Crippen LogP contribution in [0.25, 0.3) is 0 Å². The summed E-state index contributed by atoms with van der Waals surface area (Å²) in [5, 5.41) is 0. The third kappa shape index (κ3) is 2.82. The molecule has 0 amide bonds. The molecule has 0 unspecified atom stereocenters. The van der Waals surface area contributed by atoms with Gasteiger partial charge >= 0.3 is 0 Å². The highest BCUT2D eigenvalue weighted by Crippen LogP contribution is 2.02. The summed E-state index contributed by atoms with van der Waals surface area (Å²) in [7, 11) is 0. The number of aryl methyl sites for hydroxylation is 2. The van der Waals surface area contributed by atoms with E-state index in [-0.39, 0.29) is 0 Å². The van der Waals surface area contributed by atoms with Gasteiger partial charge in [0.2, 0.25) is 0 Å². The zero-order chi connectivity index (χ0) is 8.81. The van der Waals surface area contributed by atoms with Crippen molar-refractivity contribution in [1.29, 1.82) is 0 Å². The average Bonchev–Trinajstić information content (AvgIpc) is 2.05. The average molecular weight is 163 g/mol. The summed E-state index contributed by atoms with van der Waals surface area (Å²) in [5.74, 6) is 0. The van der Waals surface area contributed by atoms with Crippen LogP contribution in [0.15, 0.2) is 18.2 Å². The monoisotopic (exact) mass is 163 g/mol. The smallest absolute Gasteiger partial charge is 0.120 e. The minimum atomic E-state index is 0.635. The molecule has 0 aliphatic carbocycles. The van der Waals surface area contributed by atoms with Crippen LogP contribution in [-0.2, 0) is 11.2 Å². The lowest BCUT2D eigenvalue weighted by molar-refractivity contribution is -0.107. The van der Waals surface area contributed by atoms with Gasteiger partial charge in [-0.15, -0.1) is 0 Å². The summed E-state index contributed by atoms with van der Waals surface area (Å²) in [6, 6.07) is 5.97. The highest BCUT2D eigenvalue weighted by Gasteiger charge is 1.93. The summed E-state index contributed by atoms with van der Waals surface area (Å²) in [4.78, 5) is 14.4. The van der Waals surface area contributed by atoms with Gasteiger partial charge in [0.1, 0.15) is 6.29 Å². The van der Waals surface area contributed by atoms with Crippen molar-refractivity contribution in [3.05, 3.63) is 29.6 Å². The number of pyridine rings is 1. The Kier molecular flexibility index (Phi) is 3.45. The van der Waals surface area contributed by atoms with Crippen molar-refractivity contribution in [3.63, 3.8) is 0 Å². The summed E-state index contributed by atoms with van der Waals surface area (Å²) in [6.07, 6.45) is 3.39. The molecule has 0 aliphatic rings. The molecule has 2 nitrogen and oxygen atoms in total. The van der Waals surface area contributed by atoms with Gasteiger partial charge in [-0.1, -0.05) is 6.07 Å². The highest BCUT2D eigenvalue weighted by atomic mass is 16.1. The normalized spacial score (nSPS) is 9.75. The fourth-order valence-electron chi connectivity index (χ4n) is 1.11. The van der Waals surface area contributed by atoms with E-state index in [2.05, 4.69) is 4.98 Å². The van der Waals surface area contributed by atoms with Gasteiger partial charge in [0.25, 0.3) is 0 Å². The molecule has 0 aromatic carbocycles. The number of unbranched alkanes of at least 4 members (excludes halogenated alkanes) is 1. The number of carbonyl (C=O) groups is 1. The number of aromatic nitrogens is 1. The predicted molar refractivity (Wildman–Crippen MR) is 48.0 cm³/mol. The second kappa shape index (κ2) is 4.65. The molecule has 0 aliphatic heterocycles. The molecule has 0 spiro atoms. The lowest BCUT2D eigenvalue weighted by atomic mass is 10.2. The van der Waals surface area contributed by atoms with Crippen molar-refractivity contribution in [2.24, 2.45) is 0 Å². The predicted octanol–water partition coefficient (Wildman–Crippen LogP) is 1.91. The van der Waals surface area contributed by atoms with E-state index in [1.54, 1.807) is 0 Å². The molecule has 1 aromatic heterocycles. The van der Waals surface area contributed by atoms with Crippen molar-refractivity contribution >= 4 is 6.29 Å². The van der Waals surface area contributed by atoms with Gasteiger partial charge in [-0.05, 0) is 31.9 Å². The number of carbonyl (C=O) groups excluding carboxylic acids is 1. The van der Waals surface area contributed by atoms with Crippen LogP contribution in [0.5, 0.6) is 0 Å². The van der Waals surface area contributed by atoms with Crippen LogP contribution in [-0.4, -0.2) is 11.3 Å². The number of nitrogens with zero attached hydrogens (tertiary/aromatic N) is 1. The molecule has 0 atom stereocenters. The molecule has 0 radical (unpaired) electrons. The molecule has 0 fully saturated rings. The number of aldehydes is 1. The van der Waals surface area contributed by atoms with Crippen molar-refractivity contribution in [1.82, 2.24) is 4.98 Å². The standard InChI is InChI=1S/C10H13NO/c1-9-5-4-7-10(11-9)6-2-3-8-12/h4-5,7-8H,2-3,6H2,1H3. The summed E-state index contributed by atoms with van der Waals surface area (Å²) >= 11 is 0. The molecule has 1 aromatic rings. The Morgan fingerprint density at radius 1 is 1.50 bits per heavy atom. The molecule has 0 bridgehead atoms. The Labute approximate surface area is 72.6 Å². The Balaban J connectivity index is 2.46. The minimum Gasteiger partial charge on any atom is -0.303 e. The first-order chi connectivity index (χ1) is 5.83. The molecule has 64 valence electrons. The number of hydrogen-bond acceptors (Lipinski definition) is 2. The maximum absolute atomic E-state index is 10.0. The number of rotatable bonds is 4. The zero-order valence-corrected chi connectivity index (χ0v) is 7.29. The molecule has 0 saturated carbocycles. The van der Waals surface area contributed by atoms with Crippen molar-refractivity contribution in [3.8, 4) is 0 Å². The van der Waals surface area contributed by atoms with E-state index in [0.717, 1.165) is 30.5 Å². The van der Waals surface area contributed by atoms with Gasteiger partial charge in [0.15, 0.2) is 0 Å². The second-order valence-electron chi connectivity index (χ2n) is 2.83. The van der Waals surface area contributed by atoms with Crippen LogP contribution >= 0.6 is 0 Å². The van der Waals surface area contributed by atoms with Crippen LogP contribution in [0.1, 0.15) is 24.2 Å². The third-order valence-corrected chi connectivity index (χ3v) is 1.70. The summed E-state index contributed by atoms with van der Waals surface area (Å²) in [5.41, 5.74) is 2.12. The molecule has 2 heteroatoms.